The summed E-state index contributed by atoms with van der Waals surface area (Å²) in [5, 5.41) is 2.85. The first-order valence-electron chi connectivity index (χ1n) is 11.2. The fourth-order valence-corrected chi connectivity index (χ4v) is 5.72. The Morgan fingerprint density at radius 3 is 1.92 bits per heavy atom. The molecule has 1 heterocycles. The highest BCUT2D eigenvalue weighted by Crippen LogP contribution is 2.37. The Kier molecular flexibility index (Phi) is 7.12. The van der Waals surface area contributed by atoms with E-state index in [0.29, 0.717) is 29.0 Å². The van der Waals surface area contributed by atoms with Crippen molar-refractivity contribution in [3.63, 3.8) is 0 Å². The molecule has 0 fully saturated rings. The van der Waals surface area contributed by atoms with Crippen molar-refractivity contribution in [2.24, 2.45) is 0 Å². The Labute approximate surface area is 210 Å². The van der Waals surface area contributed by atoms with Crippen molar-refractivity contribution in [2.45, 2.75) is 20.0 Å². The number of nitrogens with zero attached hydrogens (tertiary/aromatic N) is 1. The summed E-state index contributed by atoms with van der Waals surface area (Å²) in [5.41, 5.74) is 2.52. The van der Waals surface area contributed by atoms with Crippen LogP contribution in [-0.2, 0) is 27.9 Å². The van der Waals surface area contributed by atoms with Gasteiger partial charge in [0.05, 0.1) is 20.8 Å². The van der Waals surface area contributed by atoms with Gasteiger partial charge in [0.1, 0.15) is 16.4 Å². The van der Waals surface area contributed by atoms with E-state index >= 15 is 0 Å². The van der Waals surface area contributed by atoms with Crippen LogP contribution in [-0.4, -0.2) is 38.8 Å². The van der Waals surface area contributed by atoms with Crippen molar-refractivity contribution in [2.75, 3.05) is 14.2 Å². The molecule has 4 rings (SSSR count). The molecule has 0 unspecified atom stereocenters. The summed E-state index contributed by atoms with van der Waals surface area (Å²) in [4.78, 5) is 25.4. The minimum absolute atomic E-state index is 0.00955. The molecule has 1 N–H and O–H groups in total. The number of nitrogens with one attached hydrogen (secondary N) is 1. The van der Waals surface area contributed by atoms with Crippen LogP contribution in [0.25, 0.3) is 4.91 Å². The van der Waals surface area contributed by atoms with Gasteiger partial charge >= 0.3 is 0 Å². The maximum absolute atomic E-state index is 13.3. The largest absolute Gasteiger partial charge is 0.497 e. The van der Waals surface area contributed by atoms with Crippen molar-refractivity contribution >= 4 is 26.7 Å². The minimum Gasteiger partial charge on any atom is -0.497 e. The highest BCUT2D eigenvalue weighted by Gasteiger charge is 2.42. The van der Waals surface area contributed by atoms with Crippen LogP contribution in [0.2, 0.25) is 0 Å². The molecule has 0 saturated heterocycles. The van der Waals surface area contributed by atoms with Crippen LogP contribution in [0.3, 0.4) is 0 Å². The third-order valence-electron chi connectivity index (χ3n) is 5.94. The van der Waals surface area contributed by atoms with E-state index in [2.05, 4.69) is 5.32 Å². The molecule has 0 bridgehead atoms. The van der Waals surface area contributed by atoms with E-state index in [0.717, 1.165) is 15.6 Å². The molecule has 0 spiro atoms. The summed E-state index contributed by atoms with van der Waals surface area (Å²) < 4.78 is 37.6. The molecule has 2 amide bonds. The molecular formula is C27H26N2O6S. The first-order chi connectivity index (χ1) is 17.2. The second-order valence-electron chi connectivity index (χ2n) is 8.23. The van der Waals surface area contributed by atoms with Gasteiger partial charge in [-0.25, -0.2) is 12.7 Å². The first kappa shape index (κ1) is 25.0. The van der Waals surface area contributed by atoms with Crippen LogP contribution < -0.4 is 14.8 Å². The number of ether oxygens (including phenoxy) is 2. The summed E-state index contributed by atoms with van der Waals surface area (Å²) in [7, 11) is -0.922. The Hall–Kier alpha value is -4.11. The lowest BCUT2D eigenvalue weighted by Crippen LogP contribution is -2.31. The van der Waals surface area contributed by atoms with E-state index < -0.39 is 15.9 Å². The SMILES string of the molecule is COc1ccc(CNC(=O)c2ccc(CN3C(=O)C(C)=C(c4ccc(OC)cc4)S3(=O)=O)cc2)cc1. The lowest BCUT2D eigenvalue weighted by molar-refractivity contribution is -0.122. The highest BCUT2D eigenvalue weighted by molar-refractivity contribution is 7.99. The molecule has 1 aliphatic rings. The fourth-order valence-electron chi connectivity index (χ4n) is 3.92. The third-order valence-corrected chi connectivity index (χ3v) is 7.88. The molecule has 0 aromatic heterocycles. The average Bonchev–Trinajstić information content (AvgIpc) is 3.06. The monoisotopic (exact) mass is 506 g/mol. The lowest BCUT2D eigenvalue weighted by Gasteiger charge is -2.17. The van der Waals surface area contributed by atoms with Crippen molar-refractivity contribution < 1.29 is 27.5 Å². The van der Waals surface area contributed by atoms with Gasteiger partial charge in [0.25, 0.3) is 21.8 Å². The Bertz CT molecular complexity index is 1410. The van der Waals surface area contributed by atoms with Crippen molar-refractivity contribution in [3.05, 3.63) is 101 Å². The molecule has 1 aliphatic heterocycles. The zero-order valence-electron chi connectivity index (χ0n) is 20.1. The van der Waals surface area contributed by atoms with Crippen LogP contribution in [0.15, 0.2) is 78.4 Å². The van der Waals surface area contributed by atoms with Gasteiger partial charge in [-0.1, -0.05) is 24.3 Å². The van der Waals surface area contributed by atoms with E-state index in [1.165, 1.54) is 14.0 Å². The molecule has 3 aromatic rings. The molecule has 36 heavy (non-hydrogen) atoms. The summed E-state index contributed by atoms with van der Waals surface area (Å²) in [6.07, 6.45) is 0. The van der Waals surface area contributed by atoms with Crippen LogP contribution >= 0.6 is 0 Å². The number of carbonyl (C=O) groups excluding carboxylic acids is 2. The number of rotatable bonds is 8. The lowest BCUT2D eigenvalue weighted by atomic mass is 10.1. The van der Waals surface area contributed by atoms with E-state index in [9.17, 15) is 18.0 Å². The minimum atomic E-state index is -4.03. The number of carbonyl (C=O) groups is 2. The summed E-state index contributed by atoms with van der Waals surface area (Å²) in [5.74, 6) is 0.494. The molecule has 0 radical (unpaired) electrons. The number of hydrogen-bond acceptors (Lipinski definition) is 6. The maximum atomic E-state index is 13.3. The van der Waals surface area contributed by atoms with E-state index in [-0.39, 0.29) is 22.9 Å². The van der Waals surface area contributed by atoms with Gasteiger partial charge in [-0.15, -0.1) is 0 Å². The summed E-state index contributed by atoms with van der Waals surface area (Å²) >= 11 is 0. The molecule has 3 aromatic carbocycles. The number of methoxy groups -OCH3 is 2. The third kappa shape index (κ3) is 4.96. The molecule has 186 valence electrons. The van der Waals surface area contributed by atoms with Crippen LogP contribution in [0.4, 0.5) is 0 Å². The normalized spacial score (nSPS) is 14.6. The zero-order valence-corrected chi connectivity index (χ0v) is 21.0. The predicted molar refractivity (Wildman–Crippen MR) is 136 cm³/mol. The van der Waals surface area contributed by atoms with E-state index in [1.807, 2.05) is 24.3 Å². The molecule has 8 nitrogen and oxygen atoms in total. The molecule has 9 heteroatoms. The van der Waals surface area contributed by atoms with Crippen LogP contribution in [0.5, 0.6) is 11.5 Å². The topological polar surface area (TPSA) is 102 Å². The average molecular weight is 507 g/mol. The van der Waals surface area contributed by atoms with Gasteiger partial charge in [0.2, 0.25) is 0 Å². The van der Waals surface area contributed by atoms with E-state index in [1.54, 1.807) is 55.6 Å². The standard InChI is InChI=1S/C27H26N2O6S/c1-18-25(21-10-14-24(35-3)15-11-21)36(32,33)29(27(18)31)17-20-4-8-22(9-5-20)26(30)28-16-19-6-12-23(34-2)13-7-19/h4-15H,16-17H2,1-3H3,(H,28,30). The number of hydrogen-bond donors (Lipinski definition) is 1. The van der Waals surface area contributed by atoms with Crippen molar-refractivity contribution in [1.29, 1.82) is 0 Å². The smallest absolute Gasteiger partial charge is 0.268 e. The summed E-state index contributed by atoms with van der Waals surface area (Å²) in [6, 6.07) is 20.4. The fraction of sp³-hybridized carbons (Fsp3) is 0.185. The van der Waals surface area contributed by atoms with Crippen LogP contribution in [0, 0.1) is 0 Å². The van der Waals surface area contributed by atoms with Crippen molar-refractivity contribution in [3.8, 4) is 11.5 Å². The molecule has 0 atom stereocenters. The number of benzene rings is 3. The number of sulfonamides is 1. The Morgan fingerprint density at radius 2 is 1.36 bits per heavy atom. The quantitative estimate of drug-likeness (QED) is 0.500. The Balaban J connectivity index is 1.44. The predicted octanol–water partition coefficient (Wildman–Crippen LogP) is 3.74. The molecule has 0 saturated carbocycles. The van der Waals surface area contributed by atoms with E-state index in [4.69, 9.17) is 9.47 Å². The van der Waals surface area contributed by atoms with Gasteiger partial charge in [0, 0.05) is 17.7 Å². The second-order valence-corrected chi connectivity index (χ2v) is 10.0. The first-order valence-corrected chi connectivity index (χ1v) is 12.6. The summed E-state index contributed by atoms with van der Waals surface area (Å²) in [6.45, 7) is 1.73. The van der Waals surface area contributed by atoms with Gasteiger partial charge < -0.3 is 14.8 Å². The number of amides is 2. The van der Waals surface area contributed by atoms with Gasteiger partial charge in [-0.2, -0.15) is 0 Å². The zero-order chi connectivity index (χ0) is 25.9. The van der Waals surface area contributed by atoms with Gasteiger partial charge in [-0.3, -0.25) is 9.59 Å². The van der Waals surface area contributed by atoms with Gasteiger partial charge in [-0.05, 0) is 72.1 Å². The Morgan fingerprint density at radius 1 is 0.833 bits per heavy atom. The molecular weight excluding hydrogens is 480 g/mol. The highest BCUT2D eigenvalue weighted by atomic mass is 32.2. The van der Waals surface area contributed by atoms with Gasteiger partial charge in [0.15, 0.2) is 0 Å². The maximum Gasteiger partial charge on any atom is 0.268 e. The van der Waals surface area contributed by atoms with Crippen LogP contribution in [0.1, 0.15) is 34.0 Å². The molecule has 0 aliphatic carbocycles. The van der Waals surface area contributed by atoms with Crippen molar-refractivity contribution in [1.82, 2.24) is 9.62 Å². The second kappa shape index (κ2) is 10.2.